The highest BCUT2D eigenvalue weighted by Crippen LogP contribution is 2.42. The molecule has 2 aliphatic rings. The molecular weight excluding hydrogens is 254 g/mol. The van der Waals surface area contributed by atoms with E-state index in [1.807, 2.05) is 0 Å². The first-order valence-electron chi connectivity index (χ1n) is 7.27. The smallest absolute Gasteiger partial charge is 0.170 e. The van der Waals surface area contributed by atoms with Crippen molar-refractivity contribution < 1.29 is 14.2 Å². The molecule has 110 valence electrons. The highest BCUT2D eigenvalue weighted by Gasteiger charge is 2.49. The Labute approximate surface area is 120 Å². The van der Waals surface area contributed by atoms with Crippen LogP contribution in [0.4, 0.5) is 0 Å². The zero-order valence-corrected chi connectivity index (χ0v) is 12.2. The number of hydrogen-bond donors (Lipinski definition) is 0. The zero-order valence-electron chi connectivity index (χ0n) is 12.2. The molecule has 1 aliphatic carbocycles. The summed E-state index contributed by atoms with van der Waals surface area (Å²) in [6.45, 7) is 2.56. The van der Waals surface area contributed by atoms with Crippen molar-refractivity contribution in [2.45, 2.75) is 30.7 Å². The molecule has 3 rings (SSSR count). The summed E-state index contributed by atoms with van der Waals surface area (Å²) in [7, 11) is 3.46. The van der Waals surface area contributed by atoms with Gasteiger partial charge in [-0.15, -0.1) is 0 Å². The number of benzene rings is 1. The second-order valence-corrected chi connectivity index (χ2v) is 5.62. The van der Waals surface area contributed by atoms with Crippen LogP contribution in [-0.2, 0) is 14.2 Å². The maximum absolute atomic E-state index is 5.69. The van der Waals surface area contributed by atoms with Crippen LogP contribution in [0.25, 0.3) is 0 Å². The average molecular weight is 277 g/mol. The van der Waals surface area contributed by atoms with Crippen molar-refractivity contribution in [3.8, 4) is 0 Å². The zero-order chi connectivity index (χ0) is 14.0. The molecule has 20 heavy (non-hydrogen) atoms. The van der Waals surface area contributed by atoms with Gasteiger partial charge in [-0.2, -0.15) is 0 Å². The van der Waals surface area contributed by atoms with Gasteiger partial charge in [0.1, 0.15) is 0 Å². The standard InChI is InChI=1S/C16H23NO3/c1-18-16(19-2)10-14(11-16)17-8-9-20-12-15(17)13-6-4-3-5-7-13/h3-7,14-15H,8-12H2,1-2H3/t15-/m0/s1. The molecule has 4 heteroatoms. The van der Waals surface area contributed by atoms with Crippen LogP contribution in [0.2, 0.25) is 0 Å². The number of ether oxygens (including phenoxy) is 3. The van der Waals surface area contributed by atoms with Crippen molar-refractivity contribution in [1.82, 2.24) is 4.90 Å². The first kappa shape index (κ1) is 14.0. The van der Waals surface area contributed by atoms with E-state index >= 15 is 0 Å². The van der Waals surface area contributed by atoms with Gasteiger partial charge in [0.25, 0.3) is 0 Å². The van der Waals surface area contributed by atoms with E-state index in [1.54, 1.807) is 14.2 Å². The molecule has 0 N–H and O–H groups in total. The van der Waals surface area contributed by atoms with Crippen molar-refractivity contribution in [1.29, 1.82) is 0 Å². The maximum atomic E-state index is 5.69. The van der Waals surface area contributed by atoms with Crippen LogP contribution < -0.4 is 0 Å². The normalized spacial score (nSPS) is 27.2. The fraction of sp³-hybridized carbons (Fsp3) is 0.625. The minimum Gasteiger partial charge on any atom is -0.378 e. The molecule has 4 nitrogen and oxygen atoms in total. The van der Waals surface area contributed by atoms with Gasteiger partial charge in [-0.1, -0.05) is 30.3 Å². The summed E-state index contributed by atoms with van der Waals surface area (Å²) >= 11 is 0. The highest BCUT2D eigenvalue weighted by molar-refractivity contribution is 5.20. The molecule has 0 spiro atoms. The van der Waals surface area contributed by atoms with Gasteiger partial charge in [-0.25, -0.2) is 0 Å². The molecule has 1 saturated heterocycles. The summed E-state index contributed by atoms with van der Waals surface area (Å²) in [6, 6.07) is 11.5. The Bertz CT molecular complexity index is 425. The number of hydrogen-bond acceptors (Lipinski definition) is 4. The SMILES string of the molecule is COC1(OC)CC(N2CCOC[C@H]2c2ccccc2)C1. The van der Waals surface area contributed by atoms with Gasteiger partial charge in [0, 0.05) is 39.6 Å². The summed E-state index contributed by atoms with van der Waals surface area (Å²) < 4.78 is 16.7. The third-order valence-corrected chi connectivity index (χ3v) is 4.66. The van der Waals surface area contributed by atoms with Crippen LogP contribution in [0.3, 0.4) is 0 Å². The predicted molar refractivity (Wildman–Crippen MR) is 76.5 cm³/mol. The minimum absolute atomic E-state index is 0.349. The van der Waals surface area contributed by atoms with E-state index in [9.17, 15) is 0 Å². The van der Waals surface area contributed by atoms with E-state index < -0.39 is 0 Å². The lowest BCUT2D eigenvalue weighted by Crippen LogP contribution is -2.59. The number of morpholine rings is 1. The summed E-state index contributed by atoms with van der Waals surface area (Å²) in [4.78, 5) is 2.55. The van der Waals surface area contributed by atoms with E-state index in [-0.39, 0.29) is 5.79 Å². The molecule has 1 atom stereocenters. The van der Waals surface area contributed by atoms with Crippen LogP contribution in [0, 0.1) is 0 Å². The predicted octanol–water partition coefficient (Wildman–Crippen LogP) is 2.21. The van der Waals surface area contributed by atoms with Gasteiger partial charge >= 0.3 is 0 Å². The van der Waals surface area contributed by atoms with Gasteiger partial charge < -0.3 is 14.2 Å². The van der Waals surface area contributed by atoms with Gasteiger partial charge in [-0.05, 0) is 5.56 Å². The molecule has 0 aromatic heterocycles. The molecule has 2 fully saturated rings. The maximum Gasteiger partial charge on any atom is 0.170 e. The summed E-state index contributed by atoms with van der Waals surface area (Å²) in [5.41, 5.74) is 1.33. The Kier molecular flexibility index (Phi) is 4.08. The molecule has 1 heterocycles. The summed E-state index contributed by atoms with van der Waals surface area (Å²) in [5, 5.41) is 0. The molecule has 0 radical (unpaired) electrons. The number of methoxy groups -OCH3 is 2. The quantitative estimate of drug-likeness (QED) is 0.790. The first-order valence-corrected chi connectivity index (χ1v) is 7.27. The second-order valence-electron chi connectivity index (χ2n) is 5.62. The monoisotopic (exact) mass is 277 g/mol. The Balaban J connectivity index is 1.71. The van der Waals surface area contributed by atoms with Crippen molar-refractivity contribution >= 4 is 0 Å². The average Bonchev–Trinajstić information content (AvgIpc) is 2.49. The second kappa shape index (κ2) is 5.82. The first-order chi connectivity index (χ1) is 9.78. The lowest BCUT2D eigenvalue weighted by Gasteiger charge is -2.52. The Morgan fingerprint density at radius 3 is 2.50 bits per heavy atom. The summed E-state index contributed by atoms with van der Waals surface area (Å²) in [5.74, 6) is -0.371. The van der Waals surface area contributed by atoms with E-state index in [0.29, 0.717) is 12.1 Å². The van der Waals surface area contributed by atoms with Gasteiger partial charge in [-0.3, -0.25) is 4.90 Å². The molecule has 1 aromatic carbocycles. The van der Waals surface area contributed by atoms with Crippen molar-refractivity contribution in [3.63, 3.8) is 0 Å². The van der Waals surface area contributed by atoms with Crippen molar-refractivity contribution in [2.75, 3.05) is 34.0 Å². The third-order valence-electron chi connectivity index (χ3n) is 4.66. The fourth-order valence-corrected chi connectivity index (χ4v) is 3.33. The topological polar surface area (TPSA) is 30.9 Å². The van der Waals surface area contributed by atoms with E-state index in [0.717, 1.165) is 32.6 Å². The molecule has 0 amide bonds. The van der Waals surface area contributed by atoms with E-state index in [4.69, 9.17) is 14.2 Å². The third kappa shape index (κ3) is 2.49. The number of nitrogens with zero attached hydrogens (tertiary/aromatic N) is 1. The Hall–Kier alpha value is -0.940. The van der Waals surface area contributed by atoms with Gasteiger partial charge in [0.05, 0.1) is 19.3 Å². The van der Waals surface area contributed by atoms with Crippen LogP contribution in [0.15, 0.2) is 30.3 Å². The van der Waals surface area contributed by atoms with E-state index in [1.165, 1.54) is 5.56 Å². The minimum atomic E-state index is -0.371. The Morgan fingerprint density at radius 2 is 1.85 bits per heavy atom. The van der Waals surface area contributed by atoms with Crippen LogP contribution in [0.5, 0.6) is 0 Å². The van der Waals surface area contributed by atoms with Crippen molar-refractivity contribution in [3.05, 3.63) is 35.9 Å². The van der Waals surface area contributed by atoms with Crippen LogP contribution in [-0.4, -0.2) is 50.7 Å². The van der Waals surface area contributed by atoms with Crippen LogP contribution >= 0.6 is 0 Å². The lowest BCUT2D eigenvalue weighted by atomic mass is 9.82. The van der Waals surface area contributed by atoms with Crippen LogP contribution in [0.1, 0.15) is 24.4 Å². The van der Waals surface area contributed by atoms with Crippen molar-refractivity contribution in [2.24, 2.45) is 0 Å². The number of rotatable bonds is 4. The largest absolute Gasteiger partial charge is 0.378 e. The highest BCUT2D eigenvalue weighted by atomic mass is 16.7. The molecule has 1 aliphatic heterocycles. The molecule has 0 bridgehead atoms. The molecule has 1 aromatic rings. The molecule has 1 saturated carbocycles. The summed E-state index contributed by atoms with van der Waals surface area (Å²) in [6.07, 6.45) is 1.87. The fourth-order valence-electron chi connectivity index (χ4n) is 3.33. The molecule has 0 unspecified atom stereocenters. The lowest BCUT2D eigenvalue weighted by molar-refractivity contribution is -0.278. The van der Waals surface area contributed by atoms with Gasteiger partial charge in [0.15, 0.2) is 5.79 Å². The van der Waals surface area contributed by atoms with Gasteiger partial charge in [0.2, 0.25) is 0 Å². The molecular formula is C16H23NO3. The Morgan fingerprint density at radius 1 is 1.15 bits per heavy atom. The van der Waals surface area contributed by atoms with E-state index in [2.05, 4.69) is 35.2 Å².